The minimum Gasteiger partial charge on any atom is -0.357 e. The van der Waals surface area contributed by atoms with Gasteiger partial charge in [0.25, 0.3) is 0 Å². The number of thioether (sulfide) groups is 1. The Hall–Kier alpha value is -1.40. The first kappa shape index (κ1) is 13.0. The molecule has 1 aromatic carbocycles. The summed E-state index contributed by atoms with van der Waals surface area (Å²) < 4.78 is 13.6. The molecule has 0 saturated carbocycles. The molecule has 6 heteroatoms. The van der Waals surface area contributed by atoms with Crippen LogP contribution in [0.4, 0.5) is 9.52 Å². The highest BCUT2D eigenvalue weighted by Gasteiger charge is 2.04. The van der Waals surface area contributed by atoms with E-state index in [-0.39, 0.29) is 5.82 Å². The predicted molar refractivity (Wildman–Crippen MR) is 74.6 cm³/mol. The molecule has 0 aliphatic carbocycles. The highest BCUT2D eigenvalue weighted by molar-refractivity contribution is 8.00. The van der Waals surface area contributed by atoms with Gasteiger partial charge in [-0.1, -0.05) is 41.3 Å². The van der Waals surface area contributed by atoms with Gasteiger partial charge >= 0.3 is 0 Å². The van der Waals surface area contributed by atoms with Crippen LogP contribution in [-0.2, 0) is 5.75 Å². The lowest BCUT2D eigenvalue weighted by molar-refractivity contribution is 0.627. The van der Waals surface area contributed by atoms with Crippen molar-refractivity contribution < 1.29 is 4.39 Å². The molecule has 0 amide bonds. The van der Waals surface area contributed by atoms with Crippen LogP contribution in [-0.4, -0.2) is 16.7 Å². The quantitative estimate of drug-likeness (QED) is 0.649. The summed E-state index contributed by atoms with van der Waals surface area (Å²) in [4.78, 5) is 0. The van der Waals surface area contributed by atoms with Gasteiger partial charge in [-0.05, 0) is 17.7 Å². The van der Waals surface area contributed by atoms with Gasteiger partial charge in [0, 0.05) is 12.3 Å². The average molecular weight is 281 g/mol. The van der Waals surface area contributed by atoms with Crippen molar-refractivity contribution in [3.05, 3.63) is 48.3 Å². The molecule has 0 bridgehead atoms. The lowest BCUT2D eigenvalue weighted by Crippen LogP contribution is -1.96. The van der Waals surface area contributed by atoms with Crippen molar-refractivity contribution in [3.63, 3.8) is 0 Å². The normalized spacial score (nSPS) is 10.3. The van der Waals surface area contributed by atoms with Crippen molar-refractivity contribution in [2.24, 2.45) is 0 Å². The van der Waals surface area contributed by atoms with Crippen LogP contribution in [0.15, 0.2) is 41.3 Å². The Labute approximate surface area is 113 Å². The number of rotatable bonds is 6. The van der Waals surface area contributed by atoms with Crippen molar-refractivity contribution in [1.82, 2.24) is 10.2 Å². The minimum atomic E-state index is -0.212. The molecule has 0 aliphatic heterocycles. The Kier molecular flexibility index (Phi) is 4.72. The summed E-state index contributed by atoms with van der Waals surface area (Å²) >= 11 is 3.09. The largest absolute Gasteiger partial charge is 0.357 e. The summed E-state index contributed by atoms with van der Waals surface area (Å²) in [5.74, 6) is 0.548. The smallest absolute Gasteiger partial charge is 0.206 e. The molecule has 1 heterocycles. The maximum atomic E-state index is 12.7. The molecular weight excluding hydrogens is 269 g/mol. The van der Waals surface area contributed by atoms with Crippen LogP contribution in [0.2, 0.25) is 0 Å². The van der Waals surface area contributed by atoms with Crippen LogP contribution in [0.1, 0.15) is 5.56 Å². The molecule has 0 atom stereocenters. The summed E-state index contributed by atoms with van der Waals surface area (Å²) in [6.45, 7) is 4.30. The van der Waals surface area contributed by atoms with Crippen molar-refractivity contribution in [2.75, 3.05) is 11.9 Å². The van der Waals surface area contributed by atoms with Gasteiger partial charge in [0.05, 0.1) is 0 Å². The third-order valence-corrected chi connectivity index (χ3v) is 4.17. The highest BCUT2D eigenvalue weighted by Crippen LogP contribution is 2.28. The zero-order valence-corrected chi connectivity index (χ0v) is 11.2. The molecule has 2 aromatic rings. The van der Waals surface area contributed by atoms with E-state index in [1.807, 2.05) is 0 Å². The Balaban J connectivity index is 1.87. The lowest BCUT2D eigenvalue weighted by Gasteiger charge is -1.97. The first-order valence-corrected chi connectivity index (χ1v) is 7.13. The zero-order valence-electron chi connectivity index (χ0n) is 9.60. The third kappa shape index (κ3) is 3.82. The van der Waals surface area contributed by atoms with Gasteiger partial charge in [0.1, 0.15) is 5.82 Å². The minimum absolute atomic E-state index is 0.212. The number of hydrogen-bond acceptors (Lipinski definition) is 5. The second-order valence-electron chi connectivity index (χ2n) is 3.46. The molecule has 0 radical (unpaired) electrons. The van der Waals surface area contributed by atoms with Crippen LogP contribution in [0, 0.1) is 5.82 Å². The van der Waals surface area contributed by atoms with Gasteiger partial charge in [0.15, 0.2) is 4.34 Å². The molecule has 0 fully saturated rings. The van der Waals surface area contributed by atoms with E-state index in [1.165, 1.54) is 23.5 Å². The fourth-order valence-corrected chi connectivity index (χ4v) is 2.94. The van der Waals surface area contributed by atoms with Crippen LogP contribution in [0.25, 0.3) is 0 Å². The van der Waals surface area contributed by atoms with E-state index in [0.29, 0.717) is 6.54 Å². The number of aromatic nitrogens is 2. The summed E-state index contributed by atoms with van der Waals surface area (Å²) in [5.41, 5.74) is 1.07. The Bertz CT molecular complexity index is 510. The molecule has 0 saturated heterocycles. The van der Waals surface area contributed by atoms with Crippen LogP contribution in [0.5, 0.6) is 0 Å². The maximum absolute atomic E-state index is 12.7. The molecule has 94 valence electrons. The molecule has 2 rings (SSSR count). The molecule has 1 N–H and O–H groups in total. The molecular formula is C12H12FN3S2. The fourth-order valence-electron chi connectivity index (χ4n) is 1.22. The topological polar surface area (TPSA) is 37.8 Å². The second kappa shape index (κ2) is 6.51. The number of halogens is 1. The SMILES string of the molecule is C=CCNc1nnc(SCc2ccc(F)cc2)s1. The monoisotopic (exact) mass is 281 g/mol. The van der Waals surface area contributed by atoms with Crippen LogP contribution in [0.3, 0.4) is 0 Å². The summed E-state index contributed by atoms with van der Waals surface area (Å²) in [7, 11) is 0. The van der Waals surface area contributed by atoms with Gasteiger partial charge < -0.3 is 5.32 Å². The van der Waals surface area contributed by atoms with E-state index in [2.05, 4.69) is 22.1 Å². The van der Waals surface area contributed by atoms with Gasteiger partial charge in [0.2, 0.25) is 5.13 Å². The summed E-state index contributed by atoms with van der Waals surface area (Å²) in [5, 5.41) is 11.9. The first-order chi connectivity index (χ1) is 8.78. The van der Waals surface area contributed by atoms with Gasteiger partial charge in [-0.3, -0.25) is 0 Å². The van der Waals surface area contributed by atoms with Crippen molar-refractivity contribution in [2.45, 2.75) is 10.1 Å². The zero-order chi connectivity index (χ0) is 12.8. The fraction of sp³-hybridized carbons (Fsp3) is 0.167. The van der Waals surface area contributed by atoms with E-state index < -0.39 is 0 Å². The predicted octanol–water partition coefficient (Wildman–Crippen LogP) is 3.57. The van der Waals surface area contributed by atoms with Gasteiger partial charge in [-0.2, -0.15) is 0 Å². The third-order valence-electron chi connectivity index (χ3n) is 2.08. The Morgan fingerprint density at radius 1 is 1.33 bits per heavy atom. The first-order valence-electron chi connectivity index (χ1n) is 5.33. The molecule has 0 unspecified atom stereocenters. The summed E-state index contributed by atoms with van der Waals surface area (Å²) in [6.07, 6.45) is 1.77. The maximum Gasteiger partial charge on any atom is 0.206 e. The summed E-state index contributed by atoms with van der Waals surface area (Å²) in [6, 6.07) is 6.49. The molecule has 1 aromatic heterocycles. The van der Waals surface area contributed by atoms with Gasteiger partial charge in [-0.15, -0.1) is 16.8 Å². The van der Waals surface area contributed by atoms with Crippen molar-refractivity contribution in [1.29, 1.82) is 0 Å². The average Bonchev–Trinajstić information content (AvgIpc) is 2.84. The van der Waals surface area contributed by atoms with Crippen molar-refractivity contribution in [3.8, 4) is 0 Å². The molecule has 0 spiro atoms. The van der Waals surface area contributed by atoms with E-state index in [0.717, 1.165) is 20.8 Å². The van der Waals surface area contributed by atoms with Crippen molar-refractivity contribution >= 4 is 28.2 Å². The second-order valence-corrected chi connectivity index (χ2v) is 5.66. The Morgan fingerprint density at radius 2 is 2.11 bits per heavy atom. The Morgan fingerprint density at radius 3 is 2.83 bits per heavy atom. The van der Waals surface area contributed by atoms with E-state index in [9.17, 15) is 4.39 Å². The number of hydrogen-bond donors (Lipinski definition) is 1. The van der Waals surface area contributed by atoms with E-state index >= 15 is 0 Å². The molecule has 18 heavy (non-hydrogen) atoms. The van der Waals surface area contributed by atoms with Crippen LogP contribution < -0.4 is 5.32 Å². The standard InChI is InChI=1S/C12H12FN3S2/c1-2-7-14-11-15-16-12(18-11)17-8-9-3-5-10(13)6-4-9/h2-6H,1,7-8H2,(H,14,15). The van der Waals surface area contributed by atoms with E-state index in [1.54, 1.807) is 30.0 Å². The number of benzene rings is 1. The molecule has 0 aliphatic rings. The highest BCUT2D eigenvalue weighted by atomic mass is 32.2. The lowest BCUT2D eigenvalue weighted by atomic mass is 10.2. The number of nitrogens with zero attached hydrogens (tertiary/aromatic N) is 2. The van der Waals surface area contributed by atoms with E-state index in [4.69, 9.17) is 0 Å². The number of anilines is 1. The van der Waals surface area contributed by atoms with Gasteiger partial charge in [-0.25, -0.2) is 4.39 Å². The van der Waals surface area contributed by atoms with Crippen LogP contribution >= 0.6 is 23.1 Å². The molecule has 3 nitrogen and oxygen atoms in total. The number of nitrogens with one attached hydrogen (secondary N) is 1.